The lowest BCUT2D eigenvalue weighted by atomic mass is 10.2. The molecule has 0 radical (unpaired) electrons. The van der Waals surface area contributed by atoms with E-state index in [1.54, 1.807) is 25.1 Å². The quantitative estimate of drug-likeness (QED) is 0.685. The van der Waals surface area contributed by atoms with Crippen LogP contribution >= 0.6 is 23.1 Å². The average molecular weight is 279 g/mol. The van der Waals surface area contributed by atoms with Crippen molar-refractivity contribution in [1.82, 2.24) is 9.36 Å². The average Bonchev–Trinajstić information content (AvgIpc) is 2.72. The Morgan fingerprint density at radius 3 is 2.89 bits per heavy atom. The van der Waals surface area contributed by atoms with Gasteiger partial charge in [-0.05, 0) is 30.6 Å². The Kier molecular flexibility index (Phi) is 2.65. The second-order valence-electron chi connectivity index (χ2n) is 3.73. The number of hydrogen-bond acceptors (Lipinski definition) is 5. The van der Waals surface area contributed by atoms with Crippen LogP contribution in [-0.4, -0.2) is 9.36 Å². The highest BCUT2D eigenvalue weighted by molar-refractivity contribution is 7.12. The van der Waals surface area contributed by atoms with Crippen molar-refractivity contribution >= 4 is 33.4 Å². The molecule has 2 heterocycles. The summed E-state index contributed by atoms with van der Waals surface area (Å²) in [5.74, 6) is 0.224. The normalized spacial score (nSPS) is 11.0. The summed E-state index contributed by atoms with van der Waals surface area (Å²) in [6, 6.07) is 7.10. The molecule has 1 aromatic carbocycles. The van der Waals surface area contributed by atoms with Crippen LogP contribution in [0.4, 0.5) is 0 Å². The highest BCUT2D eigenvalue weighted by Gasteiger charge is 2.14. The van der Waals surface area contributed by atoms with Crippen molar-refractivity contribution in [3.8, 4) is 11.5 Å². The molecule has 0 bridgehead atoms. The first kappa shape index (κ1) is 11.4. The second kappa shape index (κ2) is 4.19. The molecule has 0 aliphatic heterocycles. The topological polar surface area (TPSA) is 56.0 Å². The summed E-state index contributed by atoms with van der Waals surface area (Å²) in [5.41, 5.74) is 0.812. The van der Waals surface area contributed by atoms with Crippen LogP contribution in [0.3, 0.4) is 0 Å². The number of halogens is 1. The van der Waals surface area contributed by atoms with E-state index in [9.17, 15) is 4.79 Å². The van der Waals surface area contributed by atoms with Crippen molar-refractivity contribution < 1.29 is 4.42 Å². The SMILES string of the molecule is Cc1nsc2nc(-c3ccccc3Cl)oc(=O)c12. The van der Waals surface area contributed by atoms with Gasteiger partial charge in [0.25, 0.3) is 0 Å². The van der Waals surface area contributed by atoms with Crippen molar-refractivity contribution in [2.24, 2.45) is 0 Å². The molecule has 0 fully saturated rings. The highest BCUT2D eigenvalue weighted by atomic mass is 35.5. The van der Waals surface area contributed by atoms with Crippen molar-refractivity contribution in [3.05, 3.63) is 45.4 Å². The first-order valence-electron chi connectivity index (χ1n) is 5.19. The molecule has 0 spiro atoms. The zero-order chi connectivity index (χ0) is 12.7. The number of rotatable bonds is 1. The van der Waals surface area contributed by atoms with Gasteiger partial charge >= 0.3 is 5.63 Å². The molecule has 0 aliphatic rings. The minimum atomic E-state index is -0.429. The van der Waals surface area contributed by atoms with Gasteiger partial charge in [0.2, 0.25) is 5.89 Å². The van der Waals surface area contributed by atoms with E-state index >= 15 is 0 Å². The van der Waals surface area contributed by atoms with Crippen molar-refractivity contribution in [2.45, 2.75) is 6.92 Å². The van der Waals surface area contributed by atoms with E-state index in [0.29, 0.717) is 26.5 Å². The van der Waals surface area contributed by atoms with Gasteiger partial charge in [-0.15, -0.1) is 0 Å². The molecule has 0 saturated heterocycles. The number of nitrogens with zero attached hydrogens (tertiary/aromatic N) is 2. The van der Waals surface area contributed by atoms with Gasteiger partial charge in [-0.3, -0.25) is 0 Å². The summed E-state index contributed by atoms with van der Waals surface area (Å²) in [7, 11) is 0. The first-order chi connectivity index (χ1) is 8.66. The summed E-state index contributed by atoms with van der Waals surface area (Å²) < 4.78 is 9.31. The molecular weight excluding hydrogens is 272 g/mol. The van der Waals surface area contributed by atoms with Crippen LogP contribution in [0.15, 0.2) is 33.5 Å². The van der Waals surface area contributed by atoms with Gasteiger partial charge < -0.3 is 4.42 Å². The number of hydrogen-bond donors (Lipinski definition) is 0. The molecular formula is C12H7ClN2O2S. The Hall–Kier alpha value is -1.72. The highest BCUT2D eigenvalue weighted by Crippen LogP contribution is 2.27. The molecule has 0 atom stereocenters. The Morgan fingerprint density at radius 1 is 1.33 bits per heavy atom. The second-order valence-corrected chi connectivity index (χ2v) is 4.89. The minimum absolute atomic E-state index is 0.224. The molecule has 6 heteroatoms. The molecule has 3 aromatic rings. The molecule has 2 aromatic heterocycles. The van der Waals surface area contributed by atoms with E-state index in [0.717, 1.165) is 0 Å². The fourth-order valence-corrected chi connectivity index (χ4v) is 2.65. The molecule has 0 saturated carbocycles. The predicted molar refractivity (Wildman–Crippen MR) is 71.1 cm³/mol. The Morgan fingerprint density at radius 2 is 2.11 bits per heavy atom. The van der Waals surface area contributed by atoms with Crippen LogP contribution in [-0.2, 0) is 0 Å². The maximum Gasteiger partial charge on any atom is 0.349 e. The maximum absolute atomic E-state index is 11.9. The molecule has 4 nitrogen and oxygen atoms in total. The van der Waals surface area contributed by atoms with Crippen LogP contribution in [0.5, 0.6) is 0 Å². The van der Waals surface area contributed by atoms with Crippen molar-refractivity contribution in [1.29, 1.82) is 0 Å². The number of aryl methyl sites for hydroxylation is 1. The zero-order valence-electron chi connectivity index (χ0n) is 9.31. The molecule has 18 heavy (non-hydrogen) atoms. The lowest BCUT2D eigenvalue weighted by Crippen LogP contribution is -2.02. The molecule has 3 rings (SSSR count). The molecule has 0 aliphatic carbocycles. The maximum atomic E-state index is 11.9. The van der Waals surface area contributed by atoms with E-state index < -0.39 is 5.63 Å². The fraction of sp³-hybridized carbons (Fsp3) is 0.0833. The fourth-order valence-electron chi connectivity index (χ4n) is 1.67. The summed E-state index contributed by atoms with van der Waals surface area (Å²) in [4.78, 5) is 16.7. The minimum Gasteiger partial charge on any atom is -0.403 e. The largest absolute Gasteiger partial charge is 0.403 e. The van der Waals surface area contributed by atoms with E-state index in [-0.39, 0.29) is 5.89 Å². The van der Waals surface area contributed by atoms with Gasteiger partial charge in [0.05, 0.1) is 16.3 Å². The van der Waals surface area contributed by atoms with Crippen LogP contribution in [0.2, 0.25) is 5.02 Å². The predicted octanol–water partition coefficient (Wildman–Crippen LogP) is 3.27. The van der Waals surface area contributed by atoms with E-state index in [1.807, 2.05) is 6.07 Å². The molecule has 90 valence electrons. The number of fused-ring (bicyclic) bond motifs is 1. The smallest absolute Gasteiger partial charge is 0.349 e. The monoisotopic (exact) mass is 278 g/mol. The summed E-state index contributed by atoms with van der Waals surface area (Å²) in [5, 5.41) is 0.935. The lowest BCUT2D eigenvalue weighted by Gasteiger charge is -2.01. The summed E-state index contributed by atoms with van der Waals surface area (Å²) in [6.45, 7) is 1.76. The van der Waals surface area contributed by atoms with E-state index in [2.05, 4.69) is 9.36 Å². The summed E-state index contributed by atoms with van der Waals surface area (Å²) in [6.07, 6.45) is 0. The van der Waals surface area contributed by atoms with Gasteiger partial charge in [0, 0.05) is 0 Å². The third-order valence-electron chi connectivity index (χ3n) is 2.55. The lowest BCUT2D eigenvalue weighted by molar-refractivity contribution is 0.518. The van der Waals surface area contributed by atoms with Gasteiger partial charge in [0.15, 0.2) is 4.83 Å². The Bertz CT molecular complexity index is 794. The molecule has 0 unspecified atom stereocenters. The van der Waals surface area contributed by atoms with Crippen LogP contribution < -0.4 is 5.63 Å². The van der Waals surface area contributed by atoms with E-state index in [4.69, 9.17) is 16.0 Å². The van der Waals surface area contributed by atoms with Crippen LogP contribution in [0.25, 0.3) is 21.7 Å². The molecule has 0 N–H and O–H groups in total. The Labute approximate surface area is 111 Å². The standard InChI is InChI=1S/C12H7ClN2O2S/c1-6-9-11(18-15-6)14-10(17-12(9)16)7-4-2-3-5-8(7)13/h2-5H,1H3. The third-order valence-corrected chi connectivity index (χ3v) is 3.71. The van der Waals surface area contributed by atoms with Crippen molar-refractivity contribution in [3.63, 3.8) is 0 Å². The summed E-state index contributed by atoms with van der Waals surface area (Å²) >= 11 is 7.23. The number of aromatic nitrogens is 2. The van der Waals surface area contributed by atoms with Gasteiger partial charge in [0.1, 0.15) is 5.39 Å². The zero-order valence-corrected chi connectivity index (χ0v) is 10.9. The number of benzene rings is 1. The Balaban J connectivity index is 2.32. The van der Waals surface area contributed by atoms with Crippen molar-refractivity contribution in [2.75, 3.05) is 0 Å². The first-order valence-corrected chi connectivity index (χ1v) is 6.34. The third kappa shape index (κ3) is 1.72. The molecule has 0 amide bonds. The van der Waals surface area contributed by atoms with Crippen LogP contribution in [0.1, 0.15) is 5.69 Å². The van der Waals surface area contributed by atoms with E-state index in [1.165, 1.54) is 11.5 Å². The van der Waals surface area contributed by atoms with Crippen LogP contribution in [0, 0.1) is 6.92 Å². The van der Waals surface area contributed by atoms with Gasteiger partial charge in [-0.1, -0.05) is 23.7 Å². The van der Waals surface area contributed by atoms with Gasteiger partial charge in [-0.2, -0.15) is 9.36 Å². The van der Waals surface area contributed by atoms with Gasteiger partial charge in [-0.25, -0.2) is 4.79 Å².